The number of carbonyl (C=O) groups is 2. The first-order chi connectivity index (χ1) is 14.0. The number of halogens is 1. The van der Waals surface area contributed by atoms with Crippen LogP contribution in [0.25, 0.3) is 0 Å². The summed E-state index contributed by atoms with van der Waals surface area (Å²) in [7, 11) is 1.59. The first-order valence-electron chi connectivity index (χ1n) is 9.22. The first-order valence-corrected chi connectivity index (χ1v) is 10.1. The van der Waals surface area contributed by atoms with Crippen molar-refractivity contribution in [1.82, 2.24) is 10.2 Å². The monoisotopic (exact) mass is 415 g/mol. The fourth-order valence-electron chi connectivity index (χ4n) is 2.85. The lowest BCUT2D eigenvalue weighted by atomic mass is 10.2. The van der Waals surface area contributed by atoms with Crippen molar-refractivity contribution in [2.75, 3.05) is 13.7 Å². The van der Waals surface area contributed by atoms with Gasteiger partial charge in [0, 0.05) is 13.0 Å². The van der Waals surface area contributed by atoms with Gasteiger partial charge in [0.25, 0.3) is 0 Å². The van der Waals surface area contributed by atoms with Gasteiger partial charge < -0.3 is 10.1 Å². The van der Waals surface area contributed by atoms with Gasteiger partial charge in [-0.3, -0.25) is 14.5 Å². The maximum Gasteiger partial charge on any atom is 0.242 e. The van der Waals surface area contributed by atoms with E-state index >= 15 is 0 Å². The van der Waals surface area contributed by atoms with E-state index in [9.17, 15) is 14.0 Å². The van der Waals surface area contributed by atoms with Gasteiger partial charge >= 0.3 is 0 Å². The van der Waals surface area contributed by atoms with E-state index in [0.29, 0.717) is 23.1 Å². The number of methoxy groups -OCH3 is 1. The van der Waals surface area contributed by atoms with Gasteiger partial charge in [0.2, 0.25) is 11.8 Å². The molecule has 0 spiro atoms. The maximum atomic E-state index is 13.2. The summed E-state index contributed by atoms with van der Waals surface area (Å²) in [5.41, 5.74) is 1.45. The molecule has 1 aliphatic heterocycles. The van der Waals surface area contributed by atoms with Crippen molar-refractivity contribution in [3.63, 3.8) is 0 Å². The quantitative estimate of drug-likeness (QED) is 0.752. The van der Waals surface area contributed by atoms with Crippen LogP contribution >= 0.6 is 11.8 Å². The largest absolute Gasteiger partial charge is 0.497 e. The molecule has 1 heterocycles. The summed E-state index contributed by atoms with van der Waals surface area (Å²) in [6.07, 6.45) is 0.0822. The molecule has 1 N–H and O–H groups in total. The van der Waals surface area contributed by atoms with Crippen LogP contribution in [0.4, 0.5) is 10.1 Å². The smallest absolute Gasteiger partial charge is 0.242 e. The lowest BCUT2D eigenvalue weighted by Crippen LogP contribution is -2.34. The van der Waals surface area contributed by atoms with Crippen LogP contribution in [0.5, 0.6) is 5.75 Å². The van der Waals surface area contributed by atoms with Gasteiger partial charge in [-0.2, -0.15) is 0 Å². The number of aliphatic imine (C=N–C) groups is 1. The Balaban J connectivity index is 1.86. The molecule has 2 aromatic rings. The molecule has 8 heteroatoms. The van der Waals surface area contributed by atoms with E-state index in [0.717, 1.165) is 5.56 Å². The number of carbonyl (C=O) groups excluding carboxylic acids is 2. The number of nitrogens with one attached hydrogen (secondary N) is 1. The zero-order valence-corrected chi connectivity index (χ0v) is 17.0. The number of thioether (sulfide) groups is 1. The fourth-order valence-corrected chi connectivity index (χ4v) is 4.01. The van der Waals surface area contributed by atoms with Gasteiger partial charge in [-0.15, -0.1) is 0 Å². The Morgan fingerprint density at radius 3 is 2.52 bits per heavy atom. The Kier molecular flexibility index (Phi) is 6.87. The van der Waals surface area contributed by atoms with E-state index in [-0.39, 0.29) is 30.6 Å². The highest BCUT2D eigenvalue weighted by Gasteiger charge is 2.39. The molecule has 2 amide bonds. The van der Waals surface area contributed by atoms with Gasteiger partial charge in [-0.1, -0.05) is 23.9 Å². The van der Waals surface area contributed by atoms with E-state index in [1.807, 2.05) is 6.92 Å². The minimum Gasteiger partial charge on any atom is -0.497 e. The van der Waals surface area contributed by atoms with Crippen molar-refractivity contribution in [2.24, 2.45) is 4.99 Å². The molecule has 0 aliphatic carbocycles. The molecule has 1 fully saturated rings. The lowest BCUT2D eigenvalue weighted by molar-refractivity contribution is -0.129. The zero-order valence-electron chi connectivity index (χ0n) is 16.2. The predicted molar refractivity (Wildman–Crippen MR) is 112 cm³/mol. The number of amidine groups is 1. The van der Waals surface area contributed by atoms with Crippen LogP contribution < -0.4 is 10.1 Å². The third-order valence-corrected chi connectivity index (χ3v) is 5.49. The van der Waals surface area contributed by atoms with E-state index in [2.05, 4.69) is 10.3 Å². The predicted octanol–water partition coefficient (Wildman–Crippen LogP) is 3.49. The summed E-state index contributed by atoms with van der Waals surface area (Å²) in [4.78, 5) is 31.1. The van der Waals surface area contributed by atoms with Crippen LogP contribution in [0.15, 0.2) is 53.5 Å². The van der Waals surface area contributed by atoms with Crippen molar-refractivity contribution < 1.29 is 18.7 Å². The summed E-state index contributed by atoms with van der Waals surface area (Å²) >= 11 is 1.27. The Hall–Kier alpha value is -2.87. The van der Waals surface area contributed by atoms with Crippen molar-refractivity contribution in [1.29, 1.82) is 0 Å². The number of amides is 2. The average Bonchev–Trinajstić information content (AvgIpc) is 2.99. The number of hydrogen-bond donors (Lipinski definition) is 1. The second kappa shape index (κ2) is 9.56. The lowest BCUT2D eigenvalue weighted by Gasteiger charge is -2.16. The normalized spacial score (nSPS) is 17.6. The average molecular weight is 415 g/mol. The van der Waals surface area contributed by atoms with Crippen molar-refractivity contribution in [3.8, 4) is 5.75 Å². The highest BCUT2D eigenvalue weighted by molar-refractivity contribution is 8.15. The molecular formula is C21H22FN3O3S. The molecule has 0 radical (unpaired) electrons. The van der Waals surface area contributed by atoms with Crippen LogP contribution in [-0.4, -0.2) is 40.8 Å². The molecule has 1 atom stereocenters. The SMILES string of the molecule is CCNC(=O)CC1SC(=Nc2ccc(OC)cc2)N(Cc2ccc(F)cc2)C1=O. The molecule has 1 unspecified atom stereocenters. The van der Waals surface area contributed by atoms with Gasteiger partial charge in [0.1, 0.15) is 16.8 Å². The molecular weight excluding hydrogens is 393 g/mol. The molecule has 1 aliphatic rings. The number of nitrogens with zero attached hydrogens (tertiary/aromatic N) is 2. The first kappa shape index (κ1) is 20.9. The maximum absolute atomic E-state index is 13.2. The van der Waals surface area contributed by atoms with Crippen LogP contribution in [0.1, 0.15) is 18.9 Å². The Morgan fingerprint density at radius 2 is 1.90 bits per heavy atom. The highest BCUT2D eigenvalue weighted by Crippen LogP contribution is 2.33. The summed E-state index contributed by atoms with van der Waals surface area (Å²) in [6.45, 7) is 2.60. The molecule has 2 aromatic carbocycles. The standard InChI is InChI=1S/C21H22FN3O3S/c1-3-23-19(26)12-18-20(27)25(13-14-4-6-15(22)7-5-14)21(29-18)24-16-8-10-17(28-2)11-9-16/h4-11,18H,3,12-13H2,1-2H3,(H,23,26). The third-order valence-electron chi connectivity index (χ3n) is 4.32. The fraction of sp³-hybridized carbons (Fsp3) is 0.286. The number of rotatable bonds is 7. The number of hydrogen-bond acceptors (Lipinski definition) is 5. The molecule has 6 nitrogen and oxygen atoms in total. The van der Waals surface area contributed by atoms with E-state index < -0.39 is 5.25 Å². The van der Waals surface area contributed by atoms with Gasteiger partial charge in [0.05, 0.1) is 19.3 Å². The van der Waals surface area contributed by atoms with Gasteiger partial charge in [-0.25, -0.2) is 9.38 Å². The number of ether oxygens (including phenoxy) is 1. The molecule has 0 saturated carbocycles. The Morgan fingerprint density at radius 1 is 1.21 bits per heavy atom. The summed E-state index contributed by atoms with van der Waals surface area (Å²) in [5, 5.41) is 2.69. The van der Waals surface area contributed by atoms with Crippen LogP contribution in [0.2, 0.25) is 0 Å². The van der Waals surface area contributed by atoms with Crippen LogP contribution in [0, 0.1) is 5.82 Å². The Bertz CT molecular complexity index is 900. The highest BCUT2D eigenvalue weighted by atomic mass is 32.2. The summed E-state index contributed by atoms with van der Waals surface area (Å²) < 4.78 is 18.4. The van der Waals surface area contributed by atoms with Crippen molar-refractivity contribution in [3.05, 3.63) is 59.9 Å². The minimum absolute atomic E-state index is 0.0822. The van der Waals surface area contributed by atoms with E-state index in [4.69, 9.17) is 4.74 Å². The van der Waals surface area contributed by atoms with Gasteiger partial charge in [0.15, 0.2) is 5.17 Å². The number of benzene rings is 2. The van der Waals surface area contributed by atoms with Gasteiger partial charge in [-0.05, 0) is 48.9 Å². The van der Waals surface area contributed by atoms with Crippen molar-refractivity contribution in [2.45, 2.75) is 25.1 Å². The molecule has 3 rings (SSSR count). The molecule has 0 bridgehead atoms. The third kappa shape index (κ3) is 5.35. The minimum atomic E-state index is -0.543. The molecule has 1 saturated heterocycles. The summed E-state index contributed by atoms with van der Waals surface area (Å²) in [6, 6.07) is 13.2. The molecule has 29 heavy (non-hydrogen) atoms. The zero-order chi connectivity index (χ0) is 20.8. The van der Waals surface area contributed by atoms with Crippen LogP contribution in [0.3, 0.4) is 0 Å². The Labute approximate surface area is 173 Å². The van der Waals surface area contributed by atoms with E-state index in [1.54, 1.807) is 48.4 Å². The van der Waals surface area contributed by atoms with E-state index in [1.165, 1.54) is 23.9 Å². The topological polar surface area (TPSA) is 71.0 Å². The van der Waals surface area contributed by atoms with Crippen molar-refractivity contribution >= 4 is 34.4 Å². The van der Waals surface area contributed by atoms with Crippen LogP contribution in [-0.2, 0) is 16.1 Å². The second-order valence-corrected chi connectivity index (χ2v) is 7.58. The molecule has 152 valence electrons. The summed E-state index contributed by atoms with van der Waals surface area (Å²) in [5.74, 6) is 0.0158. The molecule has 0 aromatic heterocycles. The second-order valence-electron chi connectivity index (χ2n) is 6.41.